The molecule has 0 amide bonds. The molecule has 5 aliphatic heterocycles. The second-order valence-electron chi connectivity index (χ2n) is 37.9. The molecule has 18 heterocycles. The maximum Gasteiger partial charge on any atom is 0.275 e. The summed E-state index contributed by atoms with van der Waals surface area (Å²) < 4.78 is 32.8. The van der Waals surface area contributed by atoms with Crippen molar-refractivity contribution < 1.29 is 18.9 Å². The number of aromatic nitrogens is 14. The van der Waals surface area contributed by atoms with Gasteiger partial charge in [0.2, 0.25) is 0 Å². The predicted molar refractivity (Wildman–Crippen MR) is 582 cm³/mol. The first-order valence-corrected chi connectivity index (χ1v) is 52.1. The summed E-state index contributed by atoms with van der Waals surface area (Å²) in [5, 5.41) is 11.0. The van der Waals surface area contributed by atoms with Gasteiger partial charge < -0.3 is 45.5 Å². The number of fused-ring (bicyclic) bond motifs is 8. The molecule has 0 spiro atoms. The van der Waals surface area contributed by atoms with E-state index >= 15 is 0 Å². The minimum atomic E-state index is -0.147. The zero-order valence-corrected chi connectivity index (χ0v) is 85.5. The van der Waals surface area contributed by atoms with Crippen molar-refractivity contribution >= 4 is 115 Å². The maximum absolute atomic E-state index is 13.1. The van der Waals surface area contributed by atoms with E-state index in [1.165, 1.54) is 41.3 Å². The Labute approximate surface area is 849 Å². The number of piperidine rings is 2. The van der Waals surface area contributed by atoms with Gasteiger partial charge in [-0.2, -0.15) is 9.61 Å². The second-order valence-corrected chi connectivity index (χ2v) is 41.6. The van der Waals surface area contributed by atoms with Crippen molar-refractivity contribution in [3.05, 3.63) is 302 Å². The monoisotopic (exact) mass is 2000 g/mol. The van der Waals surface area contributed by atoms with Gasteiger partial charge in [0.05, 0.1) is 120 Å². The molecule has 5 N–H and O–H groups in total. The molecule has 30 nitrogen and oxygen atoms in total. The molecule has 33 heteroatoms. The predicted octanol–water partition coefficient (Wildman–Crippen LogP) is 17.7. The van der Waals surface area contributed by atoms with Gasteiger partial charge in [0.1, 0.15) is 22.6 Å². The summed E-state index contributed by atoms with van der Waals surface area (Å²) >= 11 is 4.94. The Morgan fingerprint density at radius 2 is 0.821 bits per heavy atom. The van der Waals surface area contributed by atoms with Crippen LogP contribution < -0.4 is 73.3 Å². The van der Waals surface area contributed by atoms with Gasteiger partial charge in [-0.15, -0.1) is 34.0 Å². The van der Waals surface area contributed by atoms with Crippen LogP contribution in [0.3, 0.4) is 0 Å². The molecule has 24 rings (SSSR count). The number of benzene rings is 5. The van der Waals surface area contributed by atoms with Crippen LogP contribution in [0.2, 0.25) is 0 Å². The van der Waals surface area contributed by atoms with E-state index < -0.39 is 0 Å². The first-order valence-electron chi connectivity index (χ1n) is 49.6. The van der Waals surface area contributed by atoms with E-state index in [2.05, 4.69) is 99.4 Å². The lowest BCUT2D eigenvalue weighted by molar-refractivity contribution is 0.141. The fraction of sp³-hybridized carbons (Fsp3) is 0.321. The first-order chi connectivity index (χ1) is 70.4. The molecule has 1 unspecified atom stereocenters. The summed E-state index contributed by atoms with van der Waals surface area (Å²) in [6.45, 7) is 23.0. The third-order valence-electron chi connectivity index (χ3n) is 28.1. The van der Waals surface area contributed by atoms with E-state index in [1.54, 1.807) is 110 Å². The van der Waals surface area contributed by atoms with Crippen molar-refractivity contribution in [2.24, 2.45) is 11.5 Å². The third-order valence-corrected chi connectivity index (χ3v) is 30.9. The Balaban J connectivity index is 0.000000111. The zero-order chi connectivity index (χ0) is 100. The number of ether oxygens (including phenoxy) is 4. The molecule has 145 heavy (non-hydrogen) atoms. The fourth-order valence-corrected chi connectivity index (χ4v) is 22.6. The Kier molecular flexibility index (Phi) is 29.0. The minimum absolute atomic E-state index is 0.0730. The Hall–Kier alpha value is -14.4. The second kappa shape index (κ2) is 42.9. The molecular weight excluding hydrogens is 1880 g/mol. The standard InChI is InChI=1S/C26H29N3O3.C25H29N3O3.C21H21N5OS.2C20H19N5OS/c1-17-13-20(18-9-11-28(12-10-18)21-5-4-6-21)16-29-25(30)15-22(27-26(17)29)19-7-8-23(31-2)24(14-19)32-3;1-5-10-27-11-8-18(9-12-27)20-13-17(2)25-26-21(15-24(29)28(25)16-20)19-6-7-22(30-3)23(14-19)31-4;1-13-23-17-4-2-14(10-19(17)28-13)18-11-21(27)26-12-16(3-5-20(26)24-18)25-8-6-15(22)7-9-25;1-12-22-16-4-2-13(8-18(16)27-12)17-9-20(26)25-11-15(3-5-19(25)23-17)24-7-6-14(21)10-24;1-12-22-16-3-2-14(10-18(16)27-12)17-11-20(26)25-19(23-17)5-4-15(24-25)13-6-8-21-9-7-13/h7-9,13-16,21H,4-6,10-12H2,1-3H3;6-8,13-16H,5,9-12H2,1-4H3;2-5,10-12,15H,6-9,22H2,1H3;2-5,8-9,11,14H,6-7,10,21H2,1H3;2-5,10-11,13,21H,6-9H2,1H3. The van der Waals surface area contributed by atoms with E-state index in [0.29, 0.717) is 85.6 Å². The average molecular weight is 2000 g/mol. The lowest BCUT2D eigenvalue weighted by Gasteiger charge is -2.39. The molecule has 1 saturated carbocycles. The van der Waals surface area contributed by atoms with Crippen LogP contribution in [0.5, 0.6) is 23.0 Å². The van der Waals surface area contributed by atoms with Gasteiger partial charge in [-0.25, -0.2) is 39.9 Å². The smallest absolute Gasteiger partial charge is 0.275 e. The zero-order valence-electron chi connectivity index (χ0n) is 83.1. The van der Waals surface area contributed by atoms with Crippen LogP contribution in [-0.2, 0) is 0 Å². The van der Waals surface area contributed by atoms with Gasteiger partial charge >= 0.3 is 0 Å². The molecular formula is C112H117N21O9S3. The largest absolute Gasteiger partial charge is 0.493 e. The van der Waals surface area contributed by atoms with Crippen LogP contribution in [0.4, 0.5) is 11.4 Å². The number of rotatable bonds is 17. The molecule has 1 atom stereocenters. The van der Waals surface area contributed by atoms with Gasteiger partial charge in [0.15, 0.2) is 28.6 Å². The van der Waals surface area contributed by atoms with Crippen LogP contribution in [0.1, 0.15) is 126 Å². The first kappa shape index (κ1) is 98.0. The Bertz CT molecular complexity index is 8190. The number of pyridine rings is 4. The molecule has 4 fully saturated rings. The third kappa shape index (κ3) is 21.4. The summed E-state index contributed by atoms with van der Waals surface area (Å²) in [5.41, 5.74) is 35.2. The maximum atomic E-state index is 13.1. The SMILES string of the molecule is CCCN1CC=C(c2cc(C)c3nc(-c4ccc(OC)c(OC)c4)cc(=O)n3c2)CC1.COc1ccc(-c2cc(=O)n3cc(C4=CCN(C5CCC5)CC4)cc(C)c3n2)cc1OC.Cc1nc2ccc(-c3cc(=O)n4cc(N5CCC(N)C5)ccc4n3)cc2s1.Cc1nc2ccc(-c3cc(=O)n4cc(N5CCC(N)CC5)ccc4n3)cc2s1.Cc1nc2ccc(-c3cc(=O)n4nc(C5CCNCC5)ccc4n3)cc2s1. The minimum Gasteiger partial charge on any atom is -0.493 e. The number of thiazole rings is 3. The quantitative estimate of drug-likeness (QED) is 0.0762. The topological polar surface area (TPSA) is 337 Å². The van der Waals surface area contributed by atoms with Gasteiger partial charge in [-0.1, -0.05) is 43.7 Å². The van der Waals surface area contributed by atoms with Gasteiger partial charge in [0, 0.05) is 159 Å². The number of methoxy groups -OCH3 is 4. The highest BCUT2D eigenvalue weighted by molar-refractivity contribution is 7.19. The van der Waals surface area contributed by atoms with Crippen molar-refractivity contribution in [1.82, 2.24) is 82.2 Å². The van der Waals surface area contributed by atoms with Gasteiger partial charge in [0.25, 0.3) is 27.8 Å². The highest BCUT2D eigenvalue weighted by Gasteiger charge is 2.29. The molecule has 6 aliphatic rings. The molecule has 0 radical (unpaired) electrons. The van der Waals surface area contributed by atoms with E-state index in [-0.39, 0.29) is 39.9 Å². The van der Waals surface area contributed by atoms with Gasteiger partial charge in [-0.05, 0) is 273 Å². The number of nitrogens with one attached hydrogen (secondary N) is 1. The number of nitrogens with zero attached hydrogens (tertiary/aromatic N) is 18. The van der Waals surface area contributed by atoms with E-state index in [0.717, 1.165) is 236 Å². The molecule has 13 aromatic heterocycles. The molecule has 18 aromatic rings. The lowest BCUT2D eigenvalue weighted by atomic mass is 9.89. The lowest BCUT2D eigenvalue weighted by Crippen LogP contribution is -2.42. The van der Waals surface area contributed by atoms with Crippen LogP contribution in [0, 0.1) is 34.6 Å². The molecule has 742 valence electrons. The van der Waals surface area contributed by atoms with Crippen molar-refractivity contribution in [1.29, 1.82) is 0 Å². The summed E-state index contributed by atoms with van der Waals surface area (Å²) in [5.74, 6) is 2.91. The number of aryl methyl sites for hydroxylation is 5. The fourth-order valence-electron chi connectivity index (χ4n) is 20.0. The molecule has 0 bridgehead atoms. The van der Waals surface area contributed by atoms with E-state index in [9.17, 15) is 24.0 Å². The number of hydrogen-bond acceptors (Lipinski definition) is 28. The van der Waals surface area contributed by atoms with Crippen LogP contribution >= 0.6 is 34.0 Å². The van der Waals surface area contributed by atoms with E-state index in [1.807, 2.05) is 169 Å². The molecule has 3 saturated heterocycles. The average Bonchev–Trinajstić information content (AvgIpc) is 1.69. The van der Waals surface area contributed by atoms with Crippen molar-refractivity contribution in [3.63, 3.8) is 0 Å². The van der Waals surface area contributed by atoms with Gasteiger partial charge in [-0.3, -0.25) is 51.4 Å². The highest BCUT2D eigenvalue weighted by Crippen LogP contribution is 2.39. The number of nitrogens with two attached hydrogens (primary N) is 2. The Morgan fingerprint density at radius 3 is 1.26 bits per heavy atom. The summed E-state index contributed by atoms with van der Waals surface area (Å²) in [7, 11) is 6.40. The normalized spacial score (nSPS) is 16.0. The number of anilines is 2. The van der Waals surface area contributed by atoms with Crippen molar-refractivity contribution in [3.8, 4) is 79.3 Å². The van der Waals surface area contributed by atoms with Crippen LogP contribution in [0.15, 0.2) is 231 Å². The highest BCUT2D eigenvalue weighted by atomic mass is 32.1. The Morgan fingerprint density at radius 1 is 0.393 bits per heavy atom. The van der Waals surface area contributed by atoms with Crippen LogP contribution in [-0.4, -0.2) is 195 Å². The van der Waals surface area contributed by atoms with Crippen LogP contribution in [0.25, 0.3) is 126 Å². The van der Waals surface area contributed by atoms with Crippen molar-refractivity contribution in [2.45, 2.75) is 136 Å². The summed E-state index contributed by atoms with van der Waals surface area (Å²) in [6.07, 6.45) is 24.5. The molecule has 1 aliphatic carbocycles. The summed E-state index contributed by atoms with van der Waals surface area (Å²) in [4.78, 5) is 111. The molecule has 5 aromatic carbocycles. The van der Waals surface area contributed by atoms with Crippen molar-refractivity contribution in [2.75, 3.05) is 110 Å². The van der Waals surface area contributed by atoms with E-state index in [4.69, 9.17) is 50.4 Å². The number of hydrogen-bond donors (Lipinski definition) is 3. The summed E-state index contributed by atoms with van der Waals surface area (Å²) in [6, 6.07) is 54.4.